The van der Waals surface area contributed by atoms with E-state index >= 15 is 0 Å². The Balaban J connectivity index is 1.79. The summed E-state index contributed by atoms with van der Waals surface area (Å²) in [5.41, 5.74) is 2.00. The highest BCUT2D eigenvalue weighted by Crippen LogP contribution is 2.36. The Morgan fingerprint density at radius 3 is 3.00 bits per heavy atom. The van der Waals surface area contributed by atoms with E-state index in [2.05, 4.69) is 11.8 Å². The quantitative estimate of drug-likeness (QED) is 0.892. The molecule has 0 bridgehead atoms. The van der Waals surface area contributed by atoms with Gasteiger partial charge in [0.1, 0.15) is 18.5 Å². The third-order valence-corrected chi connectivity index (χ3v) is 4.85. The Bertz CT molecular complexity index is 560. The number of aliphatic hydroxyl groups is 1. The largest absolute Gasteiger partial charge is 0.491 e. The Hall–Kier alpha value is -1.59. The molecule has 1 saturated heterocycles. The monoisotopic (exact) mass is 305 g/mol. The van der Waals surface area contributed by atoms with Crippen LogP contribution in [0.15, 0.2) is 18.2 Å². The lowest BCUT2D eigenvalue weighted by Crippen LogP contribution is -2.51. The number of rotatable bonds is 3. The number of hydrogen-bond acceptors (Lipinski definition) is 4. The van der Waals surface area contributed by atoms with Gasteiger partial charge in [-0.15, -0.1) is 0 Å². The Morgan fingerprint density at radius 1 is 1.45 bits per heavy atom. The summed E-state index contributed by atoms with van der Waals surface area (Å²) in [5, 5.41) is 20.0. The van der Waals surface area contributed by atoms with Crippen molar-refractivity contribution in [3.63, 3.8) is 0 Å². The van der Waals surface area contributed by atoms with Crippen molar-refractivity contribution in [2.45, 2.75) is 38.3 Å². The van der Waals surface area contributed by atoms with Gasteiger partial charge in [0.15, 0.2) is 0 Å². The van der Waals surface area contributed by atoms with E-state index in [1.54, 1.807) is 0 Å². The highest BCUT2D eigenvalue weighted by Gasteiger charge is 2.37. The predicted octanol–water partition coefficient (Wildman–Crippen LogP) is 1.84. The van der Waals surface area contributed by atoms with Gasteiger partial charge in [0.2, 0.25) is 0 Å². The fourth-order valence-corrected chi connectivity index (χ4v) is 3.47. The van der Waals surface area contributed by atoms with E-state index in [0.717, 1.165) is 30.7 Å². The molecular formula is C17H23NO4. The zero-order valence-electron chi connectivity index (χ0n) is 12.9. The molecule has 1 aromatic carbocycles. The number of carbonyl (C=O) groups is 1. The second-order valence-electron chi connectivity index (χ2n) is 6.22. The van der Waals surface area contributed by atoms with E-state index in [-0.39, 0.29) is 12.0 Å². The fourth-order valence-electron chi connectivity index (χ4n) is 3.47. The highest BCUT2D eigenvalue weighted by atomic mass is 16.5. The topological polar surface area (TPSA) is 70.0 Å². The van der Waals surface area contributed by atoms with Gasteiger partial charge in [-0.25, -0.2) is 0 Å². The Labute approximate surface area is 130 Å². The summed E-state index contributed by atoms with van der Waals surface area (Å²) < 4.78 is 5.81. The van der Waals surface area contributed by atoms with E-state index in [1.165, 1.54) is 5.56 Å². The van der Waals surface area contributed by atoms with Crippen molar-refractivity contribution in [2.24, 2.45) is 5.92 Å². The Kier molecular flexibility index (Phi) is 4.36. The van der Waals surface area contributed by atoms with Crippen LogP contribution in [0.25, 0.3) is 0 Å². The highest BCUT2D eigenvalue weighted by molar-refractivity contribution is 5.70. The molecule has 120 valence electrons. The maximum Gasteiger partial charge on any atom is 0.307 e. The van der Waals surface area contributed by atoms with Crippen LogP contribution in [0.2, 0.25) is 0 Å². The van der Waals surface area contributed by atoms with E-state index in [1.807, 2.05) is 18.2 Å². The number of aliphatic carboxylic acids is 1. The summed E-state index contributed by atoms with van der Waals surface area (Å²) >= 11 is 0. The zero-order valence-corrected chi connectivity index (χ0v) is 12.9. The molecule has 0 radical (unpaired) electrons. The number of piperidine rings is 1. The van der Waals surface area contributed by atoms with Gasteiger partial charge in [0.25, 0.3) is 0 Å². The van der Waals surface area contributed by atoms with Crippen molar-refractivity contribution in [3.8, 4) is 5.75 Å². The predicted molar refractivity (Wildman–Crippen MR) is 82.0 cm³/mol. The first-order valence-corrected chi connectivity index (χ1v) is 8.00. The van der Waals surface area contributed by atoms with Gasteiger partial charge in [-0.1, -0.05) is 13.0 Å². The molecule has 2 heterocycles. The second kappa shape index (κ2) is 6.26. The molecule has 0 spiro atoms. The minimum Gasteiger partial charge on any atom is -0.491 e. The molecule has 0 aromatic heterocycles. The number of carboxylic acid groups (broad SMARTS) is 1. The van der Waals surface area contributed by atoms with Crippen molar-refractivity contribution < 1.29 is 19.7 Å². The van der Waals surface area contributed by atoms with Crippen LogP contribution in [-0.2, 0) is 11.2 Å². The van der Waals surface area contributed by atoms with Crippen molar-refractivity contribution in [1.29, 1.82) is 0 Å². The smallest absolute Gasteiger partial charge is 0.307 e. The van der Waals surface area contributed by atoms with Crippen LogP contribution in [0, 0.1) is 5.92 Å². The van der Waals surface area contributed by atoms with E-state index < -0.39 is 12.1 Å². The van der Waals surface area contributed by atoms with E-state index in [9.17, 15) is 15.0 Å². The number of aryl methyl sites for hydroxylation is 1. The van der Waals surface area contributed by atoms with Crippen LogP contribution in [-0.4, -0.2) is 46.8 Å². The van der Waals surface area contributed by atoms with Gasteiger partial charge in [-0.05, 0) is 43.5 Å². The number of nitrogens with zero attached hydrogens (tertiary/aromatic N) is 1. The first-order chi connectivity index (χ1) is 10.6. The van der Waals surface area contributed by atoms with Gasteiger partial charge in [-0.3, -0.25) is 9.69 Å². The maximum atomic E-state index is 11.2. The number of aliphatic hydroxyl groups excluding tert-OH is 1. The molecule has 5 heteroatoms. The second-order valence-corrected chi connectivity index (χ2v) is 6.22. The average molecular weight is 305 g/mol. The summed E-state index contributed by atoms with van der Waals surface area (Å²) in [7, 11) is 0. The average Bonchev–Trinajstić information content (AvgIpc) is 2.55. The van der Waals surface area contributed by atoms with Gasteiger partial charge in [-0.2, -0.15) is 0 Å². The molecule has 0 amide bonds. The minimum atomic E-state index is -0.746. The third-order valence-electron chi connectivity index (χ3n) is 4.85. The molecule has 2 aliphatic rings. The number of hydrogen-bond donors (Lipinski definition) is 2. The first kappa shape index (κ1) is 15.3. The molecule has 1 fully saturated rings. The normalized spacial score (nSPS) is 28.7. The van der Waals surface area contributed by atoms with Gasteiger partial charge in [0.05, 0.1) is 12.0 Å². The summed E-state index contributed by atoms with van der Waals surface area (Å²) in [6.45, 7) is 3.80. The molecule has 2 aliphatic heterocycles. The number of ether oxygens (including phenoxy) is 1. The summed E-state index contributed by atoms with van der Waals surface area (Å²) in [6.07, 6.45) is 1.85. The van der Waals surface area contributed by atoms with Crippen LogP contribution in [0.5, 0.6) is 5.75 Å². The Morgan fingerprint density at radius 2 is 2.27 bits per heavy atom. The van der Waals surface area contributed by atoms with Crippen molar-refractivity contribution >= 4 is 5.97 Å². The molecule has 5 nitrogen and oxygen atoms in total. The first-order valence-electron chi connectivity index (χ1n) is 8.00. The number of likely N-dealkylation sites (tertiary alicyclic amines) is 1. The lowest BCUT2D eigenvalue weighted by Gasteiger charge is -2.41. The lowest BCUT2D eigenvalue weighted by molar-refractivity contribution is -0.144. The molecule has 3 unspecified atom stereocenters. The molecule has 22 heavy (non-hydrogen) atoms. The van der Waals surface area contributed by atoms with Gasteiger partial charge in [0, 0.05) is 12.1 Å². The van der Waals surface area contributed by atoms with Crippen molar-refractivity contribution in [2.75, 3.05) is 19.7 Å². The van der Waals surface area contributed by atoms with Crippen molar-refractivity contribution in [1.82, 2.24) is 4.90 Å². The van der Waals surface area contributed by atoms with Crippen LogP contribution in [0.1, 0.15) is 37.0 Å². The standard InChI is InChI=1S/C17H23NO4/c1-2-11-5-6-15-13(8-11)16(19)14(10-22-15)18-7-3-4-12(9-18)17(20)21/h5-6,8,12,14,16,19H,2-4,7,9-10H2,1H3,(H,20,21). The molecule has 2 N–H and O–H groups in total. The van der Waals surface area contributed by atoms with E-state index in [4.69, 9.17) is 4.74 Å². The minimum absolute atomic E-state index is 0.165. The van der Waals surface area contributed by atoms with Crippen LogP contribution >= 0.6 is 0 Å². The molecular weight excluding hydrogens is 282 g/mol. The fraction of sp³-hybridized carbons (Fsp3) is 0.588. The summed E-state index contributed by atoms with van der Waals surface area (Å²) in [6, 6.07) is 5.78. The zero-order chi connectivity index (χ0) is 15.7. The van der Waals surface area contributed by atoms with Crippen LogP contribution in [0.3, 0.4) is 0 Å². The van der Waals surface area contributed by atoms with E-state index in [0.29, 0.717) is 19.6 Å². The summed E-state index contributed by atoms with van der Waals surface area (Å²) in [5.74, 6) is -0.346. The molecule has 0 aliphatic carbocycles. The number of benzene rings is 1. The number of carboxylic acids is 1. The molecule has 3 atom stereocenters. The molecule has 0 saturated carbocycles. The third kappa shape index (κ3) is 2.83. The number of fused-ring (bicyclic) bond motifs is 1. The van der Waals surface area contributed by atoms with Gasteiger partial charge < -0.3 is 14.9 Å². The maximum absolute atomic E-state index is 11.2. The van der Waals surface area contributed by atoms with Crippen molar-refractivity contribution in [3.05, 3.63) is 29.3 Å². The molecule has 1 aromatic rings. The van der Waals surface area contributed by atoms with Crippen LogP contribution < -0.4 is 4.74 Å². The summed E-state index contributed by atoms with van der Waals surface area (Å²) in [4.78, 5) is 13.3. The SMILES string of the molecule is CCc1ccc2c(c1)C(O)C(N1CCCC(C(=O)O)C1)CO2. The lowest BCUT2D eigenvalue weighted by atomic mass is 9.91. The van der Waals surface area contributed by atoms with Crippen LogP contribution in [0.4, 0.5) is 0 Å². The van der Waals surface area contributed by atoms with Gasteiger partial charge >= 0.3 is 5.97 Å². The molecule has 3 rings (SSSR count).